The van der Waals surface area contributed by atoms with Gasteiger partial charge in [-0.15, -0.1) is 35.3 Å². The third-order valence-electron chi connectivity index (χ3n) is 4.12. The molecule has 0 saturated carbocycles. The molecule has 1 aromatic heterocycles. The Bertz CT molecular complexity index is 732. The van der Waals surface area contributed by atoms with Gasteiger partial charge in [0.1, 0.15) is 0 Å². The topological polar surface area (TPSA) is 54.9 Å². The van der Waals surface area contributed by atoms with Gasteiger partial charge in [0.2, 0.25) is 0 Å². The summed E-state index contributed by atoms with van der Waals surface area (Å²) in [5.41, 5.74) is 0.961. The Balaban J connectivity index is 0.00000243. The molecule has 2 N–H and O–H groups in total. The van der Waals surface area contributed by atoms with E-state index in [0.29, 0.717) is 13.2 Å². The van der Waals surface area contributed by atoms with Crippen LogP contribution in [-0.4, -0.2) is 32.8 Å². The minimum Gasteiger partial charge on any atom is -0.490 e. The van der Waals surface area contributed by atoms with E-state index in [2.05, 4.69) is 47.0 Å². The molecule has 5 nitrogen and oxygen atoms in total. The largest absolute Gasteiger partial charge is 0.490 e. The van der Waals surface area contributed by atoms with Gasteiger partial charge in [0, 0.05) is 42.1 Å². The highest BCUT2D eigenvalue weighted by atomic mass is 127. The van der Waals surface area contributed by atoms with Gasteiger partial charge < -0.3 is 20.1 Å². The fraction of sp³-hybridized carbons (Fsp3) is 0.421. The summed E-state index contributed by atoms with van der Waals surface area (Å²) in [6.07, 6.45) is 0.901. The summed E-state index contributed by atoms with van der Waals surface area (Å²) in [6, 6.07) is 10.1. The number of hydrogen-bond donors (Lipinski definition) is 2. The number of anilines is 1. The first-order valence-electron chi connectivity index (χ1n) is 8.50. The Kier molecular flexibility index (Phi) is 7.57. The maximum absolute atomic E-state index is 5.74. The van der Waals surface area contributed by atoms with Crippen molar-refractivity contribution in [2.75, 3.05) is 32.1 Å². The number of halogens is 1. The minimum atomic E-state index is 0. The molecule has 0 saturated heterocycles. The molecule has 142 valence electrons. The number of guanidine groups is 1. The highest BCUT2D eigenvalue weighted by Gasteiger charge is 2.22. The van der Waals surface area contributed by atoms with Gasteiger partial charge in [0.25, 0.3) is 0 Å². The van der Waals surface area contributed by atoms with Crippen molar-refractivity contribution in [3.05, 3.63) is 40.6 Å². The van der Waals surface area contributed by atoms with E-state index in [1.54, 1.807) is 18.4 Å². The number of benzene rings is 1. The predicted octanol–water partition coefficient (Wildman–Crippen LogP) is 4.49. The Hall–Kier alpha value is -1.48. The maximum Gasteiger partial charge on any atom is 0.195 e. The molecule has 2 heterocycles. The molecule has 0 unspecified atom stereocenters. The second-order valence-corrected chi connectivity index (χ2v) is 7.57. The summed E-state index contributed by atoms with van der Waals surface area (Å²) in [5.74, 6) is 2.31. The summed E-state index contributed by atoms with van der Waals surface area (Å²) in [6.45, 7) is 6.62. The summed E-state index contributed by atoms with van der Waals surface area (Å²) in [7, 11) is 1.77. The van der Waals surface area contributed by atoms with Gasteiger partial charge in [-0.2, -0.15) is 0 Å². The first-order chi connectivity index (χ1) is 12.1. The number of nitrogens with one attached hydrogen (secondary N) is 2. The molecule has 2 aromatic rings. The average Bonchev–Trinajstić information content (AvgIpc) is 3.06. The van der Waals surface area contributed by atoms with Crippen LogP contribution in [0.5, 0.6) is 11.5 Å². The van der Waals surface area contributed by atoms with E-state index in [1.165, 1.54) is 4.88 Å². The van der Waals surface area contributed by atoms with Crippen molar-refractivity contribution in [1.82, 2.24) is 5.32 Å². The quantitative estimate of drug-likeness (QED) is 0.379. The number of rotatable bonds is 4. The second-order valence-electron chi connectivity index (χ2n) is 6.62. The van der Waals surface area contributed by atoms with Crippen LogP contribution in [-0.2, 0) is 5.41 Å². The molecule has 0 aliphatic carbocycles. The first kappa shape index (κ1) is 20.8. The van der Waals surface area contributed by atoms with Crippen LogP contribution < -0.4 is 20.1 Å². The zero-order chi connectivity index (χ0) is 17.7. The van der Waals surface area contributed by atoms with Crippen LogP contribution in [0.1, 0.15) is 25.1 Å². The normalized spacial score (nSPS) is 14.2. The van der Waals surface area contributed by atoms with E-state index >= 15 is 0 Å². The van der Waals surface area contributed by atoms with E-state index in [0.717, 1.165) is 36.1 Å². The van der Waals surface area contributed by atoms with E-state index in [1.807, 2.05) is 18.2 Å². The lowest BCUT2D eigenvalue weighted by atomic mass is 9.91. The van der Waals surface area contributed by atoms with Crippen molar-refractivity contribution in [3.63, 3.8) is 0 Å². The van der Waals surface area contributed by atoms with Gasteiger partial charge >= 0.3 is 0 Å². The van der Waals surface area contributed by atoms with Crippen LogP contribution in [0, 0.1) is 0 Å². The fourth-order valence-corrected chi connectivity index (χ4v) is 3.46. The van der Waals surface area contributed by atoms with Gasteiger partial charge in [-0.25, -0.2) is 0 Å². The van der Waals surface area contributed by atoms with Crippen molar-refractivity contribution >= 4 is 47.0 Å². The Morgan fingerprint density at radius 2 is 1.96 bits per heavy atom. The SMILES string of the molecule is CN=C(NCC(C)(C)c1cccs1)Nc1ccc2c(c1)OCCCO2.I. The van der Waals surface area contributed by atoms with Crippen LogP contribution in [0.15, 0.2) is 40.7 Å². The number of hydrogen-bond acceptors (Lipinski definition) is 4. The molecule has 3 rings (SSSR count). The molecule has 1 aliphatic heterocycles. The van der Waals surface area contributed by atoms with Gasteiger partial charge in [-0.05, 0) is 23.6 Å². The lowest BCUT2D eigenvalue weighted by molar-refractivity contribution is 0.297. The van der Waals surface area contributed by atoms with Crippen molar-refractivity contribution < 1.29 is 9.47 Å². The zero-order valence-corrected chi connectivity index (χ0v) is 18.5. The van der Waals surface area contributed by atoms with Crippen molar-refractivity contribution in [3.8, 4) is 11.5 Å². The van der Waals surface area contributed by atoms with Gasteiger partial charge in [-0.3, -0.25) is 4.99 Å². The van der Waals surface area contributed by atoms with E-state index in [-0.39, 0.29) is 29.4 Å². The zero-order valence-electron chi connectivity index (χ0n) is 15.4. The number of aliphatic imine (C=N–C) groups is 1. The summed E-state index contributed by atoms with van der Waals surface area (Å²) in [5, 5.41) is 8.85. The van der Waals surface area contributed by atoms with Crippen molar-refractivity contribution in [1.29, 1.82) is 0 Å². The molecule has 0 atom stereocenters. The Morgan fingerprint density at radius 1 is 1.19 bits per heavy atom. The lowest BCUT2D eigenvalue weighted by Gasteiger charge is -2.25. The highest BCUT2D eigenvalue weighted by Crippen LogP contribution is 2.32. The van der Waals surface area contributed by atoms with E-state index in [4.69, 9.17) is 9.47 Å². The van der Waals surface area contributed by atoms with Crippen LogP contribution in [0.2, 0.25) is 0 Å². The molecule has 0 bridgehead atoms. The standard InChI is InChI=1S/C19H25N3O2S.HI/c1-19(2,17-6-4-11-25-17)13-21-18(20-3)22-14-7-8-15-16(12-14)24-10-5-9-23-15;/h4,6-8,11-12H,5,9-10,13H2,1-3H3,(H2,20,21,22);1H. The molecule has 26 heavy (non-hydrogen) atoms. The number of ether oxygens (including phenoxy) is 2. The molecule has 0 amide bonds. The second kappa shape index (κ2) is 9.45. The summed E-state index contributed by atoms with van der Waals surface area (Å²) in [4.78, 5) is 5.68. The van der Waals surface area contributed by atoms with E-state index < -0.39 is 0 Å². The number of thiophene rings is 1. The van der Waals surface area contributed by atoms with E-state index in [9.17, 15) is 0 Å². The van der Waals surface area contributed by atoms with Crippen LogP contribution >= 0.6 is 35.3 Å². The molecule has 0 spiro atoms. The molecule has 7 heteroatoms. The van der Waals surface area contributed by atoms with Gasteiger partial charge in [-0.1, -0.05) is 19.9 Å². The molecule has 0 fully saturated rings. The summed E-state index contributed by atoms with van der Waals surface area (Å²) >= 11 is 1.78. The molecule has 1 aliphatic rings. The van der Waals surface area contributed by atoms with Crippen LogP contribution in [0.3, 0.4) is 0 Å². The molecular formula is C19H26IN3O2S. The van der Waals surface area contributed by atoms with Gasteiger partial charge in [0.15, 0.2) is 17.5 Å². The van der Waals surface area contributed by atoms with Crippen LogP contribution in [0.25, 0.3) is 0 Å². The molecular weight excluding hydrogens is 461 g/mol. The van der Waals surface area contributed by atoms with Gasteiger partial charge in [0.05, 0.1) is 13.2 Å². The third kappa shape index (κ3) is 5.26. The first-order valence-corrected chi connectivity index (χ1v) is 9.38. The fourth-order valence-electron chi connectivity index (χ4n) is 2.61. The third-order valence-corrected chi connectivity index (χ3v) is 5.36. The molecule has 0 radical (unpaired) electrons. The lowest BCUT2D eigenvalue weighted by Crippen LogP contribution is -2.39. The monoisotopic (exact) mass is 487 g/mol. The Labute approximate surface area is 176 Å². The highest BCUT2D eigenvalue weighted by molar-refractivity contribution is 14.0. The maximum atomic E-state index is 5.74. The van der Waals surface area contributed by atoms with Crippen molar-refractivity contribution in [2.45, 2.75) is 25.7 Å². The summed E-state index contributed by atoms with van der Waals surface area (Å²) < 4.78 is 11.4. The average molecular weight is 487 g/mol. The van der Waals surface area contributed by atoms with Crippen molar-refractivity contribution in [2.24, 2.45) is 4.99 Å². The van der Waals surface area contributed by atoms with Crippen LogP contribution in [0.4, 0.5) is 5.69 Å². The number of fused-ring (bicyclic) bond motifs is 1. The number of nitrogens with zero attached hydrogens (tertiary/aromatic N) is 1. The predicted molar refractivity (Wildman–Crippen MR) is 120 cm³/mol. The molecule has 1 aromatic carbocycles. The smallest absolute Gasteiger partial charge is 0.195 e. The Morgan fingerprint density at radius 3 is 2.65 bits per heavy atom. The minimum absolute atomic E-state index is 0.